The standard InChI is InChI=1S/C43H47N7O13S/c1-5-6-34(53)46-20(2)38(56)47-21(3)39(57)48-22(4)40(58)49-30(37(44)55)19-64-33-18-35(54)50(42(33)60)14-13-45-41(59)23-7-10-26(43(61)62)29(15-23)36-27-11-8-24(51)16-31(27)63-32-17-25(52)9-12-28(32)36/h7-12,15-17,20-22,30,33,51H,5-6,13-14,18-19H2,1-4H3,(H2,44,55)(H,45,59)(H,46,53)(H,47,56)(H,48,57)(H,49,58)(H,61,62)/t20-,21-,22-,30-,33?/m0/s1. The van der Waals surface area contributed by atoms with Crippen molar-refractivity contribution in [3.05, 3.63) is 75.9 Å². The minimum absolute atomic E-state index is 0.0302. The van der Waals surface area contributed by atoms with Gasteiger partial charge in [-0.2, -0.15) is 0 Å². The molecule has 9 N–H and O–H groups in total. The summed E-state index contributed by atoms with van der Waals surface area (Å²) in [6, 6.07) is 7.56. The first-order valence-corrected chi connectivity index (χ1v) is 21.2. The number of nitrogens with zero attached hydrogens (tertiary/aromatic N) is 1. The first-order chi connectivity index (χ1) is 30.3. The molecule has 2 aromatic rings. The van der Waals surface area contributed by atoms with Crippen LogP contribution in [-0.2, 0) is 33.6 Å². The molecule has 3 aliphatic rings. The zero-order chi connectivity index (χ0) is 47.0. The van der Waals surface area contributed by atoms with Crippen LogP contribution in [0.5, 0.6) is 5.75 Å². The van der Waals surface area contributed by atoms with Crippen LogP contribution in [0.15, 0.2) is 63.8 Å². The number of rotatable bonds is 19. The largest absolute Gasteiger partial charge is 0.508 e. The van der Waals surface area contributed by atoms with Crippen LogP contribution in [0.4, 0.5) is 0 Å². The van der Waals surface area contributed by atoms with E-state index in [0.29, 0.717) is 22.9 Å². The van der Waals surface area contributed by atoms with E-state index in [2.05, 4.69) is 26.6 Å². The number of carbonyl (C=O) groups is 9. The maximum Gasteiger partial charge on any atom is 0.336 e. The molecule has 8 amide bonds. The zero-order valence-electron chi connectivity index (χ0n) is 35.1. The predicted molar refractivity (Wildman–Crippen MR) is 232 cm³/mol. The molecule has 1 unspecified atom stereocenters. The van der Waals surface area contributed by atoms with Crippen LogP contribution in [0.3, 0.4) is 0 Å². The maximum absolute atomic E-state index is 13.4. The van der Waals surface area contributed by atoms with Crippen molar-refractivity contribution in [3.8, 4) is 28.2 Å². The highest BCUT2D eigenvalue weighted by atomic mass is 32.2. The lowest BCUT2D eigenvalue weighted by molar-refractivity contribution is -0.138. The lowest BCUT2D eigenvalue weighted by atomic mass is 9.89. The fraction of sp³-hybridized carbons (Fsp3) is 0.349. The molecule has 2 heterocycles. The van der Waals surface area contributed by atoms with Gasteiger partial charge in [-0.05, 0) is 75.2 Å². The van der Waals surface area contributed by atoms with Crippen molar-refractivity contribution in [1.29, 1.82) is 0 Å². The van der Waals surface area contributed by atoms with E-state index in [4.69, 9.17) is 10.2 Å². The smallest absolute Gasteiger partial charge is 0.336 e. The van der Waals surface area contributed by atoms with Crippen LogP contribution in [-0.4, -0.2) is 117 Å². The number of carboxylic acids is 1. The van der Waals surface area contributed by atoms with Crippen molar-refractivity contribution in [2.45, 2.75) is 76.4 Å². The van der Waals surface area contributed by atoms with Gasteiger partial charge in [0.25, 0.3) is 5.91 Å². The molecule has 64 heavy (non-hydrogen) atoms. The molecule has 0 bridgehead atoms. The Hall–Kier alpha value is -7.29. The summed E-state index contributed by atoms with van der Waals surface area (Å²) in [4.78, 5) is 127. The van der Waals surface area contributed by atoms with Gasteiger partial charge in [-0.15, -0.1) is 11.8 Å². The highest BCUT2D eigenvalue weighted by molar-refractivity contribution is 8.00. The Bertz CT molecular complexity index is 2560. The van der Waals surface area contributed by atoms with Gasteiger partial charge in [0.2, 0.25) is 41.4 Å². The van der Waals surface area contributed by atoms with Gasteiger partial charge < -0.3 is 46.9 Å². The molecule has 1 fully saturated rings. The highest BCUT2D eigenvalue weighted by Crippen LogP contribution is 2.42. The van der Waals surface area contributed by atoms with Crippen molar-refractivity contribution in [2.75, 3.05) is 18.8 Å². The molecule has 1 aliphatic carbocycles. The highest BCUT2D eigenvalue weighted by Gasteiger charge is 2.39. The van der Waals surface area contributed by atoms with Crippen molar-refractivity contribution in [1.82, 2.24) is 31.5 Å². The molecular weight excluding hydrogens is 855 g/mol. The summed E-state index contributed by atoms with van der Waals surface area (Å²) in [5.41, 5.74) is 5.97. The molecule has 2 aliphatic heterocycles. The zero-order valence-corrected chi connectivity index (χ0v) is 36.0. The van der Waals surface area contributed by atoms with Gasteiger partial charge >= 0.3 is 5.97 Å². The molecule has 5 atom stereocenters. The Morgan fingerprint density at radius 3 is 2.14 bits per heavy atom. The summed E-state index contributed by atoms with van der Waals surface area (Å²) in [6.45, 7) is 5.56. The summed E-state index contributed by atoms with van der Waals surface area (Å²) >= 11 is 0.902. The Morgan fingerprint density at radius 2 is 1.50 bits per heavy atom. The second kappa shape index (κ2) is 20.7. The molecule has 2 aromatic carbocycles. The van der Waals surface area contributed by atoms with Gasteiger partial charge in [-0.1, -0.05) is 6.92 Å². The quantitative estimate of drug-likeness (QED) is 0.0478. The van der Waals surface area contributed by atoms with Crippen LogP contribution in [0.25, 0.3) is 33.4 Å². The summed E-state index contributed by atoms with van der Waals surface area (Å²) in [7, 11) is 0. The number of likely N-dealkylation sites (tertiary alicyclic amines) is 1. The van der Waals surface area contributed by atoms with Crippen molar-refractivity contribution >= 4 is 76.0 Å². The van der Waals surface area contributed by atoms with Gasteiger partial charge in [0.15, 0.2) is 5.43 Å². The van der Waals surface area contributed by atoms with E-state index in [-0.39, 0.29) is 76.8 Å². The third kappa shape index (κ3) is 11.4. The Balaban J connectivity index is 1.17. The monoisotopic (exact) mass is 901 g/mol. The number of hydrogen-bond donors (Lipinski definition) is 8. The van der Waals surface area contributed by atoms with E-state index in [1.165, 1.54) is 75.4 Å². The molecule has 338 valence electrons. The number of nitrogens with one attached hydrogen (secondary N) is 5. The van der Waals surface area contributed by atoms with E-state index in [1.54, 1.807) is 0 Å². The lowest BCUT2D eigenvalue weighted by Crippen LogP contribution is -2.56. The normalized spacial score (nSPS) is 15.5. The number of aromatic carboxylic acids is 1. The number of benzene rings is 3. The summed E-state index contributed by atoms with van der Waals surface area (Å²) in [6.07, 6.45) is 0.570. The molecule has 21 heteroatoms. The number of thioether (sulfide) groups is 1. The lowest BCUT2D eigenvalue weighted by Gasteiger charge is -2.22. The van der Waals surface area contributed by atoms with E-state index >= 15 is 0 Å². The minimum Gasteiger partial charge on any atom is -0.508 e. The molecule has 1 saturated heterocycles. The number of aromatic hydroxyl groups is 1. The first kappa shape index (κ1) is 47.8. The molecule has 0 aromatic heterocycles. The van der Waals surface area contributed by atoms with Crippen LogP contribution in [0, 0.1) is 0 Å². The van der Waals surface area contributed by atoms with Crippen LogP contribution in [0.1, 0.15) is 67.7 Å². The van der Waals surface area contributed by atoms with Crippen molar-refractivity contribution in [2.24, 2.45) is 5.73 Å². The fourth-order valence-corrected chi connectivity index (χ4v) is 7.95. The van der Waals surface area contributed by atoms with Gasteiger partial charge in [0.05, 0.1) is 10.8 Å². The van der Waals surface area contributed by atoms with Gasteiger partial charge in [0.1, 0.15) is 41.3 Å². The van der Waals surface area contributed by atoms with Crippen molar-refractivity contribution < 1.29 is 57.8 Å². The fourth-order valence-electron chi connectivity index (χ4n) is 6.75. The number of imide groups is 1. The minimum atomic E-state index is -1.31. The second-order valence-corrected chi connectivity index (χ2v) is 16.2. The third-order valence-corrected chi connectivity index (χ3v) is 11.5. The Morgan fingerprint density at radius 1 is 0.844 bits per heavy atom. The molecule has 0 radical (unpaired) electrons. The Kier molecular flexibility index (Phi) is 15.5. The first-order valence-electron chi connectivity index (χ1n) is 20.1. The second-order valence-electron chi connectivity index (χ2n) is 15.0. The number of carboxylic acid groups (broad SMARTS) is 1. The molecule has 5 rings (SSSR count). The van der Waals surface area contributed by atoms with Gasteiger partial charge in [-0.3, -0.25) is 48.1 Å². The van der Waals surface area contributed by atoms with E-state index in [9.17, 15) is 58.2 Å². The topological polar surface area (TPSA) is 314 Å². The number of hydrogen-bond acceptors (Lipinski definition) is 13. The third-order valence-electron chi connectivity index (χ3n) is 10.2. The number of fused-ring (bicyclic) bond motifs is 2. The average molecular weight is 902 g/mol. The molecule has 0 saturated carbocycles. The van der Waals surface area contributed by atoms with Crippen LogP contribution in [0.2, 0.25) is 0 Å². The summed E-state index contributed by atoms with van der Waals surface area (Å²) < 4.78 is 5.86. The van der Waals surface area contributed by atoms with Crippen LogP contribution < -0.4 is 37.7 Å². The molecular formula is C43H47N7O13S. The number of amides is 8. The number of phenols is 1. The van der Waals surface area contributed by atoms with E-state index in [0.717, 1.165) is 16.7 Å². The molecule has 0 spiro atoms. The number of carbonyl (C=O) groups excluding carboxylic acids is 8. The number of nitrogens with two attached hydrogens (primary N) is 1. The van der Waals surface area contributed by atoms with Crippen molar-refractivity contribution in [3.63, 3.8) is 0 Å². The predicted octanol–water partition coefficient (Wildman–Crippen LogP) is 0.843. The Labute approximate surface area is 369 Å². The summed E-state index contributed by atoms with van der Waals surface area (Å²) in [5.74, 6) is -6.78. The SMILES string of the molecule is CCCC(=O)N[C@@H](C)C(=O)N[C@@H](C)C(=O)N[C@@H](C)C(=O)N[C@@H](CSC1CC(=O)N(CCNC(=O)c2ccc(C(=O)O)c(-c3c4ccc(=O)cc-4oc4cc(O)ccc34)c2)C1=O)C(N)=O. The summed E-state index contributed by atoms with van der Waals surface area (Å²) in [5, 5.41) is 32.1. The molecule has 20 nitrogen and oxygen atoms in total. The van der Waals surface area contributed by atoms with E-state index in [1.807, 2.05) is 6.92 Å². The van der Waals surface area contributed by atoms with Gasteiger partial charge in [0, 0.05) is 65.9 Å². The van der Waals surface area contributed by atoms with E-state index < -0.39 is 76.7 Å². The van der Waals surface area contributed by atoms with Gasteiger partial charge in [-0.25, -0.2) is 4.79 Å². The number of phenolic OH excluding ortho intramolecular Hbond substituents is 1. The maximum atomic E-state index is 13.4. The average Bonchev–Trinajstić information content (AvgIpc) is 3.51. The van der Waals surface area contributed by atoms with Crippen LogP contribution >= 0.6 is 11.8 Å². The number of primary amides is 1.